The third-order valence-electron chi connectivity index (χ3n) is 3.80. The van der Waals surface area contributed by atoms with E-state index in [1.165, 1.54) is 0 Å². The molecule has 0 aliphatic carbocycles. The van der Waals surface area contributed by atoms with E-state index in [1.807, 2.05) is 6.92 Å². The van der Waals surface area contributed by atoms with Gasteiger partial charge in [0.15, 0.2) is 6.29 Å². The number of rotatable bonds is 2. The second-order valence-corrected chi connectivity index (χ2v) is 11.4. The molecule has 2 nitrogen and oxygen atoms in total. The molecule has 0 rings (SSSR count). The van der Waals surface area contributed by atoms with E-state index in [4.69, 9.17) is 0 Å². The van der Waals surface area contributed by atoms with Gasteiger partial charge in [0.2, 0.25) is 0 Å². The number of hydrogen-bond donors (Lipinski definition) is 0. The Morgan fingerprint density at radius 1 is 1.07 bits per heavy atom. The fourth-order valence-electron chi connectivity index (χ4n) is 1.29. The molecular formula is C12H20O2Si. The highest BCUT2D eigenvalue weighted by molar-refractivity contribution is 6.86. The summed E-state index contributed by atoms with van der Waals surface area (Å²) in [7, 11) is -1.90. The molecule has 84 valence electrons. The highest BCUT2D eigenvalue weighted by Gasteiger charge is 2.49. The van der Waals surface area contributed by atoms with E-state index in [0.29, 0.717) is 6.29 Å². The fraction of sp³-hybridized carbons (Fsp3) is 0.667. The molecule has 15 heavy (non-hydrogen) atoms. The van der Waals surface area contributed by atoms with Crippen LogP contribution >= 0.6 is 0 Å². The van der Waals surface area contributed by atoms with Crippen LogP contribution in [0.25, 0.3) is 0 Å². The van der Waals surface area contributed by atoms with E-state index >= 15 is 0 Å². The molecule has 3 heteroatoms. The zero-order valence-electron chi connectivity index (χ0n) is 10.5. The number of carbonyl (C=O) groups is 2. The monoisotopic (exact) mass is 224 g/mol. The normalized spacial score (nSPS) is 15.9. The van der Waals surface area contributed by atoms with Crippen LogP contribution in [0.4, 0.5) is 0 Å². The first-order valence-electron chi connectivity index (χ1n) is 5.05. The maximum Gasteiger partial charge on any atom is 0.192 e. The first-order chi connectivity index (χ1) is 6.62. The molecule has 0 bridgehead atoms. The lowest BCUT2D eigenvalue weighted by molar-refractivity contribution is -0.109. The molecule has 0 saturated carbocycles. The van der Waals surface area contributed by atoms with Crippen molar-refractivity contribution < 1.29 is 9.59 Å². The first kappa shape index (κ1) is 14.1. The molecule has 0 aromatic carbocycles. The van der Waals surface area contributed by atoms with Gasteiger partial charge < -0.3 is 4.79 Å². The van der Waals surface area contributed by atoms with E-state index in [-0.39, 0.29) is 5.04 Å². The maximum atomic E-state index is 11.2. The Kier molecular flexibility index (Phi) is 4.06. The summed E-state index contributed by atoms with van der Waals surface area (Å²) >= 11 is 0. The van der Waals surface area contributed by atoms with Crippen LogP contribution < -0.4 is 0 Å². The van der Waals surface area contributed by atoms with Gasteiger partial charge in [-0.2, -0.15) is 0 Å². The van der Waals surface area contributed by atoms with Crippen molar-refractivity contribution in [1.29, 1.82) is 0 Å². The Bertz CT molecular complexity index is 315. The number of aldehydes is 2. The largest absolute Gasteiger partial charge is 0.302 e. The van der Waals surface area contributed by atoms with Crippen LogP contribution in [0.5, 0.6) is 0 Å². The van der Waals surface area contributed by atoms with Crippen molar-refractivity contribution in [1.82, 2.24) is 0 Å². The molecule has 0 N–H and O–H groups in total. The maximum absolute atomic E-state index is 11.2. The first-order valence-corrected chi connectivity index (χ1v) is 8.05. The SMILES string of the molecule is CC(C)(C)[Si](C)(C)C(C)(C#CC=O)C=O. The van der Waals surface area contributed by atoms with Crippen molar-refractivity contribution >= 4 is 20.6 Å². The van der Waals surface area contributed by atoms with Gasteiger partial charge in [-0.25, -0.2) is 0 Å². The van der Waals surface area contributed by atoms with Crippen molar-refractivity contribution in [3.8, 4) is 11.8 Å². The molecule has 0 aliphatic heterocycles. The van der Waals surface area contributed by atoms with Crippen LogP contribution in [0.1, 0.15) is 27.7 Å². The molecule has 0 aliphatic rings. The molecule has 0 radical (unpaired) electrons. The predicted molar refractivity (Wildman–Crippen MR) is 65.5 cm³/mol. The summed E-state index contributed by atoms with van der Waals surface area (Å²) < 4.78 is 0. The van der Waals surface area contributed by atoms with Crippen molar-refractivity contribution in [2.75, 3.05) is 0 Å². The second kappa shape index (κ2) is 4.32. The summed E-state index contributed by atoms with van der Waals surface area (Å²) in [5, 5.41) is -0.591. The van der Waals surface area contributed by atoms with Crippen LogP contribution in [0, 0.1) is 11.8 Å². The van der Waals surface area contributed by atoms with Crippen LogP contribution in [-0.2, 0) is 9.59 Å². The smallest absolute Gasteiger partial charge is 0.192 e. The van der Waals surface area contributed by atoms with Crippen LogP contribution in [0.2, 0.25) is 23.2 Å². The molecule has 0 heterocycles. The topological polar surface area (TPSA) is 34.1 Å². The van der Waals surface area contributed by atoms with Gasteiger partial charge in [0.05, 0.1) is 13.1 Å². The van der Waals surface area contributed by atoms with Crippen LogP contribution in [0.3, 0.4) is 0 Å². The third kappa shape index (κ3) is 2.57. The Balaban J connectivity index is 5.47. The van der Waals surface area contributed by atoms with Gasteiger partial charge in [-0.1, -0.05) is 39.8 Å². The van der Waals surface area contributed by atoms with Gasteiger partial charge in [0, 0.05) is 0 Å². The molecule has 0 aromatic rings. The Morgan fingerprint density at radius 2 is 1.53 bits per heavy atom. The predicted octanol–water partition coefficient (Wildman–Crippen LogP) is 2.66. The van der Waals surface area contributed by atoms with Gasteiger partial charge in [0.1, 0.15) is 6.29 Å². The summed E-state index contributed by atoms with van der Waals surface area (Å²) in [6, 6.07) is 0. The van der Waals surface area contributed by atoms with Crippen molar-refractivity contribution in [2.45, 2.75) is 50.9 Å². The molecule has 0 fully saturated rings. The van der Waals surface area contributed by atoms with Crippen molar-refractivity contribution in [2.24, 2.45) is 0 Å². The van der Waals surface area contributed by atoms with E-state index in [0.717, 1.165) is 6.29 Å². The highest BCUT2D eigenvalue weighted by Crippen LogP contribution is 2.49. The summed E-state index contributed by atoms with van der Waals surface area (Å²) in [5.41, 5.74) is 0. The zero-order chi connectivity index (χ0) is 12.3. The van der Waals surface area contributed by atoms with Gasteiger partial charge >= 0.3 is 0 Å². The van der Waals surface area contributed by atoms with E-state index < -0.39 is 13.1 Å². The van der Waals surface area contributed by atoms with Crippen molar-refractivity contribution in [3.63, 3.8) is 0 Å². The summed E-state index contributed by atoms with van der Waals surface area (Å²) in [4.78, 5) is 21.5. The Hall–Kier alpha value is -0.883. The zero-order valence-corrected chi connectivity index (χ0v) is 11.5. The van der Waals surface area contributed by atoms with Gasteiger partial charge in [-0.05, 0) is 17.9 Å². The minimum absolute atomic E-state index is 0.0697. The van der Waals surface area contributed by atoms with Crippen molar-refractivity contribution in [3.05, 3.63) is 0 Å². The summed E-state index contributed by atoms with van der Waals surface area (Å²) in [5.74, 6) is 5.21. The van der Waals surface area contributed by atoms with Gasteiger partial charge in [-0.3, -0.25) is 4.79 Å². The highest BCUT2D eigenvalue weighted by atomic mass is 28.3. The molecule has 0 saturated heterocycles. The number of hydrogen-bond acceptors (Lipinski definition) is 2. The summed E-state index contributed by atoms with van der Waals surface area (Å²) in [6.45, 7) is 12.5. The molecule has 0 amide bonds. The van der Waals surface area contributed by atoms with E-state index in [2.05, 4.69) is 45.7 Å². The lowest BCUT2D eigenvalue weighted by Crippen LogP contribution is -2.48. The minimum Gasteiger partial charge on any atom is -0.302 e. The minimum atomic E-state index is -1.90. The molecule has 0 aromatic heterocycles. The second-order valence-electron chi connectivity index (χ2n) is 5.58. The fourth-order valence-corrected chi connectivity index (χ4v) is 3.53. The Labute approximate surface area is 93.5 Å². The van der Waals surface area contributed by atoms with Gasteiger partial charge in [0.25, 0.3) is 0 Å². The number of carbonyl (C=O) groups excluding carboxylic acids is 2. The van der Waals surface area contributed by atoms with Crippen LogP contribution in [0.15, 0.2) is 0 Å². The van der Waals surface area contributed by atoms with Crippen LogP contribution in [-0.4, -0.2) is 20.6 Å². The standard InChI is InChI=1S/C12H20O2Si/c1-11(2,3)15(5,6)12(4,10-14)8-7-9-13/h9-10H,1-6H3. The average molecular weight is 224 g/mol. The molecule has 1 atom stereocenters. The molecular weight excluding hydrogens is 204 g/mol. The summed E-state index contributed by atoms with van der Waals surface area (Å²) in [6.07, 6.45) is 1.45. The lowest BCUT2D eigenvalue weighted by Gasteiger charge is -2.44. The lowest BCUT2D eigenvalue weighted by atomic mass is 10.2. The quantitative estimate of drug-likeness (QED) is 0.410. The average Bonchev–Trinajstić information content (AvgIpc) is 2.12. The van der Waals surface area contributed by atoms with E-state index in [1.54, 1.807) is 0 Å². The van der Waals surface area contributed by atoms with E-state index in [9.17, 15) is 9.59 Å². The third-order valence-corrected chi connectivity index (χ3v) is 10.4. The Morgan fingerprint density at radius 3 is 1.80 bits per heavy atom. The molecule has 0 spiro atoms. The molecule has 1 unspecified atom stereocenters. The van der Waals surface area contributed by atoms with Gasteiger partial charge in [-0.15, -0.1) is 0 Å².